The summed E-state index contributed by atoms with van der Waals surface area (Å²) in [7, 11) is 0. The van der Waals surface area contributed by atoms with E-state index in [4.69, 9.17) is 4.84 Å². The average molecular weight is 325 g/mol. The third-order valence-electron chi connectivity index (χ3n) is 4.37. The normalized spacial score (nSPS) is 19.2. The number of hydroxylamine groups is 2. The summed E-state index contributed by atoms with van der Waals surface area (Å²) >= 11 is 0. The quantitative estimate of drug-likeness (QED) is 0.787. The molecule has 7 nitrogen and oxygen atoms in total. The summed E-state index contributed by atoms with van der Waals surface area (Å²) in [6.45, 7) is 2.93. The van der Waals surface area contributed by atoms with Gasteiger partial charge in [-0.2, -0.15) is 0 Å². The molecule has 0 radical (unpaired) electrons. The Hall–Kier alpha value is -2.96. The molecule has 7 heteroatoms. The van der Waals surface area contributed by atoms with Crippen molar-refractivity contribution in [2.75, 3.05) is 0 Å². The van der Waals surface area contributed by atoms with Crippen molar-refractivity contribution in [3.05, 3.63) is 53.1 Å². The van der Waals surface area contributed by atoms with Gasteiger partial charge in [0.15, 0.2) is 5.69 Å². The van der Waals surface area contributed by atoms with E-state index in [9.17, 15) is 14.4 Å². The van der Waals surface area contributed by atoms with Crippen LogP contribution < -0.4 is 0 Å². The molecule has 4 rings (SSSR count). The zero-order valence-electron chi connectivity index (χ0n) is 13.1. The molecule has 1 aromatic carbocycles. The highest BCUT2D eigenvalue weighted by Crippen LogP contribution is 2.24. The first-order chi connectivity index (χ1) is 11.5. The van der Waals surface area contributed by atoms with E-state index < -0.39 is 17.8 Å². The molecule has 0 saturated carbocycles. The number of imide groups is 1. The number of hydrogen-bond acceptors (Lipinski definition) is 5. The maximum Gasteiger partial charge on any atom is 0.383 e. The van der Waals surface area contributed by atoms with Crippen molar-refractivity contribution in [3.63, 3.8) is 0 Å². The number of rotatable bonds is 2. The fourth-order valence-electron chi connectivity index (χ4n) is 3.09. The van der Waals surface area contributed by atoms with Crippen LogP contribution in [0.4, 0.5) is 0 Å². The molecule has 2 amide bonds. The van der Waals surface area contributed by atoms with E-state index in [-0.39, 0.29) is 16.8 Å². The van der Waals surface area contributed by atoms with Crippen LogP contribution in [0.2, 0.25) is 0 Å². The number of aromatic nitrogens is 2. The predicted molar refractivity (Wildman–Crippen MR) is 82.1 cm³/mol. The van der Waals surface area contributed by atoms with Gasteiger partial charge in [-0.1, -0.05) is 24.1 Å². The Labute approximate surface area is 137 Å². The fraction of sp³-hybridized carbons (Fsp3) is 0.294. The molecule has 0 fully saturated rings. The van der Waals surface area contributed by atoms with Crippen molar-refractivity contribution in [1.82, 2.24) is 14.6 Å². The maximum atomic E-state index is 12.3. The van der Waals surface area contributed by atoms with Crippen LogP contribution in [0.3, 0.4) is 0 Å². The summed E-state index contributed by atoms with van der Waals surface area (Å²) in [5.41, 5.74) is 0.567. The first kappa shape index (κ1) is 14.6. The molecule has 0 bridgehead atoms. The molecule has 0 spiro atoms. The van der Waals surface area contributed by atoms with Gasteiger partial charge in [-0.15, -0.1) is 0 Å². The zero-order chi connectivity index (χ0) is 16.8. The van der Waals surface area contributed by atoms with Gasteiger partial charge in [0.2, 0.25) is 0 Å². The Morgan fingerprint density at radius 3 is 2.54 bits per heavy atom. The number of aryl methyl sites for hydroxylation is 1. The summed E-state index contributed by atoms with van der Waals surface area (Å²) < 4.78 is 1.92. The molecule has 1 aromatic heterocycles. The first-order valence-corrected chi connectivity index (χ1v) is 7.80. The number of benzene rings is 1. The van der Waals surface area contributed by atoms with Crippen LogP contribution in [-0.2, 0) is 17.8 Å². The minimum absolute atomic E-state index is 0.107. The van der Waals surface area contributed by atoms with Crippen LogP contribution >= 0.6 is 0 Å². The number of amides is 2. The second kappa shape index (κ2) is 5.30. The van der Waals surface area contributed by atoms with Crippen LogP contribution in [0.15, 0.2) is 30.5 Å². The minimum atomic E-state index is -0.806. The Kier molecular flexibility index (Phi) is 3.23. The highest BCUT2D eigenvalue weighted by atomic mass is 16.7. The van der Waals surface area contributed by atoms with Crippen molar-refractivity contribution >= 4 is 17.8 Å². The van der Waals surface area contributed by atoms with Crippen molar-refractivity contribution in [2.45, 2.75) is 26.3 Å². The molecule has 3 heterocycles. The van der Waals surface area contributed by atoms with E-state index in [1.807, 2.05) is 4.57 Å². The summed E-state index contributed by atoms with van der Waals surface area (Å²) in [4.78, 5) is 46.0. The van der Waals surface area contributed by atoms with Gasteiger partial charge in [-0.3, -0.25) is 9.59 Å². The highest BCUT2D eigenvalue weighted by molar-refractivity contribution is 6.21. The van der Waals surface area contributed by atoms with Gasteiger partial charge in [-0.05, 0) is 24.5 Å². The molecule has 24 heavy (non-hydrogen) atoms. The van der Waals surface area contributed by atoms with E-state index >= 15 is 0 Å². The molecule has 2 aliphatic rings. The van der Waals surface area contributed by atoms with Crippen LogP contribution in [-0.4, -0.2) is 32.4 Å². The van der Waals surface area contributed by atoms with E-state index in [2.05, 4.69) is 11.9 Å². The zero-order valence-corrected chi connectivity index (χ0v) is 13.1. The maximum absolute atomic E-state index is 12.3. The Balaban J connectivity index is 1.55. The van der Waals surface area contributed by atoms with Crippen LogP contribution in [0.5, 0.6) is 0 Å². The smallest absolute Gasteiger partial charge is 0.334 e. The van der Waals surface area contributed by atoms with Crippen molar-refractivity contribution in [2.24, 2.45) is 5.92 Å². The third kappa shape index (κ3) is 2.20. The highest BCUT2D eigenvalue weighted by Gasteiger charge is 2.39. The molecule has 1 atom stereocenters. The number of carbonyl (C=O) groups is 3. The predicted octanol–water partition coefficient (Wildman–Crippen LogP) is 1.83. The molecule has 2 aliphatic heterocycles. The van der Waals surface area contributed by atoms with E-state index in [1.54, 1.807) is 18.3 Å². The van der Waals surface area contributed by atoms with Crippen molar-refractivity contribution < 1.29 is 19.2 Å². The van der Waals surface area contributed by atoms with Crippen LogP contribution in [0.25, 0.3) is 0 Å². The standard InChI is InChI=1S/C17H15N3O4/c1-10-6-7-14-18-13(9-19(14)8-10)17(23)24-20-15(21)11-4-2-3-5-12(11)16(20)22/h2-5,9-10H,6-8H2,1H3. The van der Waals surface area contributed by atoms with Crippen molar-refractivity contribution in [1.29, 1.82) is 0 Å². The Bertz CT molecular complexity index is 835. The van der Waals surface area contributed by atoms with Gasteiger partial charge in [0.25, 0.3) is 11.8 Å². The summed E-state index contributed by atoms with van der Waals surface area (Å²) in [6.07, 6.45) is 3.43. The number of hydrogen-bond donors (Lipinski definition) is 0. The van der Waals surface area contributed by atoms with Gasteiger partial charge in [0, 0.05) is 19.2 Å². The topological polar surface area (TPSA) is 81.5 Å². The van der Waals surface area contributed by atoms with E-state index in [0.717, 1.165) is 25.2 Å². The second-order valence-corrected chi connectivity index (χ2v) is 6.17. The molecular weight excluding hydrogens is 310 g/mol. The largest absolute Gasteiger partial charge is 0.383 e. The van der Waals surface area contributed by atoms with Crippen LogP contribution in [0, 0.1) is 5.92 Å². The van der Waals surface area contributed by atoms with Gasteiger partial charge >= 0.3 is 5.97 Å². The lowest BCUT2D eigenvalue weighted by atomic mass is 10.0. The first-order valence-electron chi connectivity index (χ1n) is 7.80. The number of carbonyl (C=O) groups excluding carboxylic acids is 3. The number of fused-ring (bicyclic) bond motifs is 2. The Morgan fingerprint density at radius 1 is 1.21 bits per heavy atom. The summed E-state index contributed by atoms with van der Waals surface area (Å²) in [5, 5.41) is 0.508. The van der Waals surface area contributed by atoms with E-state index in [1.165, 1.54) is 12.1 Å². The third-order valence-corrected chi connectivity index (χ3v) is 4.37. The van der Waals surface area contributed by atoms with Gasteiger partial charge in [0.1, 0.15) is 5.82 Å². The average Bonchev–Trinajstić information content (AvgIpc) is 3.10. The summed E-state index contributed by atoms with van der Waals surface area (Å²) in [6, 6.07) is 6.36. The fourth-order valence-corrected chi connectivity index (χ4v) is 3.09. The lowest BCUT2D eigenvalue weighted by Gasteiger charge is -2.19. The number of imidazole rings is 1. The molecule has 1 unspecified atom stereocenters. The van der Waals surface area contributed by atoms with Gasteiger partial charge in [0.05, 0.1) is 11.1 Å². The SMILES string of the molecule is CC1CCc2nc(C(=O)ON3C(=O)c4ccccc4C3=O)cn2C1. The van der Waals surface area contributed by atoms with Gasteiger partial charge in [-0.25, -0.2) is 9.78 Å². The number of nitrogens with zero attached hydrogens (tertiary/aromatic N) is 3. The monoisotopic (exact) mass is 325 g/mol. The van der Waals surface area contributed by atoms with Crippen molar-refractivity contribution in [3.8, 4) is 0 Å². The van der Waals surface area contributed by atoms with E-state index in [0.29, 0.717) is 11.0 Å². The molecule has 122 valence electrons. The molecular formula is C17H15N3O4. The van der Waals surface area contributed by atoms with Crippen LogP contribution in [0.1, 0.15) is 50.4 Å². The van der Waals surface area contributed by atoms with Gasteiger partial charge < -0.3 is 9.40 Å². The molecule has 0 N–H and O–H groups in total. The summed E-state index contributed by atoms with van der Waals surface area (Å²) in [5.74, 6) is -0.739. The Morgan fingerprint density at radius 2 is 1.88 bits per heavy atom. The lowest BCUT2D eigenvalue weighted by Crippen LogP contribution is -2.32. The molecule has 0 saturated heterocycles. The second-order valence-electron chi connectivity index (χ2n) is 6.17. The molecule has 0 aliphatic carbocycles. The lowest BCUT2D eigenvalue weighted by molar-refractivity contribution is -0.0588. The molecule has 2 aromatic rings. The minimum Gasteiger partial charge on any atom is -0.334 e.